The molecular weight excluding hydrogens is 336 g/mol. The minimum absolute atomic E-state index is 0.119. The van der Waals surface area contributed by atoms with E-state index >= 15 is 0 Å². The monoisotopic (exact) mass is 352 g/mol. The molecule has 3 rings (SSSR count). The fraction of sp³-hybridized carbons (Fsp3) is 0.357. The number of carbonyl (C=O) groups is 2. The molecule has 0 bridgehead atoms. The first-order chi connectivity index (χ1) is 11.2. The molecule has 2 N–H and O–H groups in total. The first-order valence-electron chi connectivity index (χ1n) is 7.17. The van der Waals surface area contributed by atoms with Crippen molar-refractivity contribution in [3.63, 3.8) is 0 Å². The average Bonchev–Trinajstić information content (AvgIpc) is 3.15. The lowest BCUT2D eigenvalue weighted by Crippen LogP contribution is -2.38. The number of nitrogens with one attached hydrogen (secondary N) is 2. The lowest BCUT2D eigenvalue weighted by atomic mass is 10.2. The number of aromatic nitrogens is 1. The minimum atomic E-state index is -0.508. The zero-order chi connectivity index (χ0) is 16.2. The second-order valence-electron chi connectivity index (χ2n) is 4.81. The van der Waals surface area contributed by atoms with E-state index in [1.54, 1.807) is 11.8 Å². The van der Waals surface area contributed by atoms with Crippen LogP contribution in [0.5, 0.6) is 0 Å². The summed E-state index contributed by atoms with van der Waals surface area (Å²) in [6.45, 7) is 3.16. The molecule has 0 saturated heterocycles. The highest BCUT2D eigenvalue weighted by molar-refractivity contribution is 7.16. The zero-order valence-electron chi connectivity index (χ0n) is 12.5. The Kier molecular flexibility index (Phi) is 4.77. The Hall–Kier alpha value is -2.13. The van der Waals surface area contributed by atoms with Crippen molar-refractivity contribution in [3.05, 3.63) is 28.1 Å². The summed E-state index contributed by atoms with van der Waals surface area (Å²) in [6.07, 6.45) is 0.166. The standard InChI is InChI=1S/C14H16N4O3S2/c1-2-21-14(20)17-12-15-9-5-6-18(8-10(9)23-12)13(19)16-11-4-3-7-22-11/h3-4,7H,2,5-6,8H2,1H3,(H,16,19)(H,15,17,20). The van der Waals surface area contributed by atoms with Crippen molar-refractivity contribution in [2.24, 2.45) is 0 Å². The number of ether oxygens (including phenoxy) is 1. The molecule has 0 atom stereocenters. The van der Waals surface area contributed by atoms with Gasteiger partial charge in [-0.25, -0.2) is 14.6 Å². The number of hydrogen-bond acceptors (Lipinski definition) is 6. The summed E-state index contributed by atoms with van der Waals surface area (Å²) >= 11 is 2.86. The van der Waals surface area contributed by atoms with Gasteiger partial charge in [0.25, 0.3) is 0 Å². The largest absolute Gasteiger partial charge is 0.450 e. The van der Waals surface area contributed by atoms with E-state index in [0.29, 0.717) is 31.2 Å². The first kappa shape index (κ1) is 15.8. The number of amides is 3. The Labute approximate surface area is 141 Å². The first-order valence-corrected chi connectivity index (χ1v) is 8.87. The van der Waals surface area contributed by atoms with Gasteiger partial charge in [0.1, 0.15) is 0 Å². The van der Waals surface area contributed by atoms with Gasteiger partial charge in [-0.3, -0.25) is 10.6 Å². The van der Waals surface area contributed by atoms with Gasteiger partial charge in [0, 0.05) is 17.8 Å². The molecule has 122 valence electrons. The van der Waals surface area contributed by atoms with Crippen LogP contribution < -0.4 is 10.6 Å². The highest BCUT2D eigenvalue weighted by atomic mass is 32.1. The highest BCUT2D eigenvalue weighted by Crippen LogP contribution is 2.29. The normalized spacial score (nSPS) is 13.3. The summed E-state index contributed by atoms with van der Waals surface area (Å²) < 4.78 is 4.84. The topological polar surface area (TPSA) is 83.6 Å². The van der Waals surface area contributed by atoms with Crippen LogP contribution in [0.25, 0.3) is 0 Å². The van der Waals surface area contributed by atoms with Crippen molar-refractivity contribution >= 4 is 44.9 Å². The number of urea groups is 1. The maximum absolute atomic E-state index is 12.3. The number of carbonyl (C=O) groups excluding carboxylic acids is 2. The van der Waals surface area contributed by atoms with E-state index in [2.05, 4.69) is 15.6 Å². The van der Waals surface area contributed by atoms with Crippen molar-refractivity contribution in [2.75, 3.05) is 23.8 Å². The molecule has 0 unspecified atom stereocenters. The summed E-state index contributed by atoms with van der Waals surface area (Å²) in [5.74, 6) is 0. The van der Waals surface area contributed by atoms with E-state index in [9.17, 15) is 9.59 Å². The van der Waals surface area contributed by atoms with Gasteiger partial charge in [-0.05, 0) is 24.4 Å². The van der Waals surface area contributed by atoms with E-state index in [-0.39, 0.29) is 6.03 Å². The molecule has 7 nitrogen and oxygen atoms in total. The Bertz CT molecular complexity index is 699. The Balaban J connectivity index is 1.62. The van der Waals surface area contributed by atoms with Gasteiger partial charge >= 0.3 is 12.1 Å². The SMILES string of the molecule is CCOC(=O)Nc1nc2c(s1)CN(C(=O)Nc1cccs1)CC2. The second-order valence-corrected chi connectivity index (χ2v) is 6.84. The van der Waals surface area contributed by atoms with E-state index in [4.69, 9.17) is 4.74 Å². The van der Waals surface area contributed by atoms with Crippen molar-refractivity contribution < 1.29 is 14.3 Å². The number of thiazole rings is 1. The molecule has 1 aliphatic heterocycles. The lowest BCUT2D eigenvalue weighted by Gasteiger charge is -2.25. The molecule has 2 aromatic rings. The maximum Gasteiger partial charge on any atom is 0.413 e. The number of anilines is 2. The molecule has 0 saturated carbocycles. The maximum atomic E-state index is 12.3. The van der Waals surface area contributed by atoms with Gasteiger partial charge in [0.15, 0.2) is 5.13 Å². The van der Waals surface area contributed by atoms with Crippen LogP contribution in [0.2, 0.25) is 0 Å². The molecule has 3 amide bonds. The van der Waals surface area contributed by atoms with Crippen LogP contribution in [0.3, 0.4) is 0 Å². The van der Waals surface area contributed by atoms with Crippen LogP contribution in [0.4, 0.5) is 19.7 Å². The van der Waals surface area contributed by atoms with Gasteiger partial charge < -0.3 is 9.64 Å². The molecule has 23 heavy (non-hydrogen) atoms. The third-order valence-electron chi connectivity index (χ3n) is 3.25. The summed E-state index contributed by atoms with van der Waals surface area (Å²) in [6, 6.07) is 3.64. The smallest absolute Gasteiger partial charge is 0.413 e. The summed E-state index contributed by atoms with van der Waals surface area (Å²) in [4.78, 5) is 30.8. The molecule has 0 radical (unpaired) electrons. The lowest BCUT2D eigenvalue weighted by molar-refractivity contribution is 0.168. The van der Waals surface area contributed by atoms with Gasteiger partial charge in [-0.15, -0.1) is 11.3 Å². The van der Waals surface area contributed by atoms with Gasteiger partial charge in [0.2, 0.25) is 0 Å². The van der Waals surface area contributed by atoms with E-state index in [1.165, 1.54) is 22.7 Å². The van der Waals surface area contributed by atoms with Crippen LogP contribution in [0, 0.1) is 0 Å². The summed E-state index contributed by atoms with van der Waals surface area (Å²) in [5, 5.41) is 8.74. The molecule has 0 aromatic carbocycles. The van der Waals surface area contributed by atoms with Crippen LogP contribution in [0.1, 0.15) is 17.5 Å². The molecule has 0 spiro atoms. The van der Waals surface area contributed by atoms with Crippen LogP contribution in [-0.2, 0) is 17.7 Å². The quantitative estimate of drug-likeness (QED) is 0.887. The van der Waals surface area contributed by atoms with Crippen molar-refractivity contribution in [1.29, 1.82) is 0 Å². The molecule has 3 heterocycles. The van der Waals surface area contributed by atoms with E-state index in [1.807, 2.05) is 17.5 Å². The fourth-order valence-corrected chi connectivity index (χ4v) is 3.83. The van der Waals surface area contributed by atoms with Crippen LogP contribution >= 0.6 is 22.7 Å². The molecule has 1 aliphatic rings. The van der Waals surface area contributed by atoms with Crippen molar-refractivity contribution in [3.8, 4) is 0 Å². The predicted molar refractivity (Wildman–Crippen MR) is 90.2 cm³/mol. The minimum Gasteiger partial charge on any atom is -0.450 e. The van der Waals surface area contributed by atoms with Gasteiger partial charge in [-0.1, -0.05) is 11.3 Å². The highest BCUT2D eigenvalue weighted by Gasteiger charge is 2.24. The predicted octanol–water partition coefficient (Wildman–Crippen LogP) is 3.36. The summed E-state index contributed by atoms with van der Waals surface area (Å²) in [7, 11) is 0. The molecule has 0 aliphatic carbocycles. The average molecular weight is 352 g/mol. The number of rotatable bonds is 3. The third-order valence-corrected chi connectivity index (χ3v) is 5.04. The second kappa shape index (κ2) is 6.97. The third kappa shape index (κ3) is 3.80. The fourth-order valence-electron chi connectivity index (χ4n) is 2.21. The molecule has 9 heteroatoms. The van der Waals surface area contributed by atoms with Crippen molar-refractivity contribution in [2.45, 2.75) is 19.9 Å². The van der Waals surface area contributed by atoms with Crippen molar-refractivity contribution in [1.82, 2.24) is 9.88 Å². The zero-order valence-corrected chi connectivity index (χ0v) is 14.1. The number of hydrogen-bond donors (Lipinski definition) is 2. The van der Waals surface area contributed by atoms with E-state index in [0.717, 1.165) is 15.6 Å². The van der Waals surface area contributed by atoms with Crippen LogP contribution in [-0.4, -0.2) is 35.2 Å². The molecular formula is C14H16N4O3S2. The summed E-state index contributed by atoms with van der Waals surface area (Å²) in [5.41, 5.74) is 0.932. The number of nitrogens with zero attached hydrogens (tertiary/aromatic N) is 2. The molecule has 0 fully saturated rings. The Morgan fingerprint density at radius 1 is 1.43 bits per heavy atom. The number of thiophene rings is 1. The van der Waals surface area contributed by atoms with E-state index < -0.39 is 6.09 Å². The van der Waals surface area contributed by atoms with Crippen LogP contribution in [0.15, 0.2) is 17.5 Å². The Morgan fingerprint density at radius 2 is 2.30 bits per heavy atom. The Morgan fingerprint density at radius 3 is 3.04 bits per heavy atom. The molecule has 2 aromatic heterocycles. The van der Waals surface area contributed by atoms with Gasteiger partial charge in [-0.2, -0.15) is 0 Å². The van der Waals surface area contributed by atoms with Gasteiger partial charge in [0.05, 0.1) is 23.8 Å². The number of fused-ring (bicyclic) bond motifs is 1.